The van der Waals surface area contributed by atoms with Gasteiger partial charge >= 0.3 is 0 Å². The van der Waals surface area contributed by atoms with Crippen molar-refractivity contribution in [3.05, 3.63) is 48.4 Å². The summed E-state index contributed by atoms with van der Waals surface area (Å²) in [5.74, 6) is 0.975. The van der Waals surface area contributed by atoms with Crippen LogP contribution in [0.1, 0.15) is 18.4 Å². The molecular weight excluding hydrogens is 250 g/mol. The molecule has 2 aromatic rings. The van der Waals surface area contributed by atoms with Gasteiger partial charge in [-0.2, -0.15) is 5.10 Å². The van der Waals surface area contributed by atoms with E-state index in [1.54, 1.807) is 6.20 Å². The van der Waals surface area contributed by atoms with E-state index < -0.39 is 0 Å². The van der Waals surface area contributed by atoms with Gasteiger partial charge in [0.1, 0.15) is 0 Å². The number of anilines is 1. The van der Waals surface area contributed by atoms with E-state index in [0.717, 1.165) is 25.5 Å². The van der Waals surface area contributed by atoms with Crippen LogP contribution in [-0.2, 0) is 6.54 Å². The molecule has 1 atom stereocenters. The lowest BCUT2D eigenvalue weighted by molar-refractivity contribution is 0.419. The van der Waals surface area contributed by atoms with Crippen LogP contribution in [0.2, 0.25) is 0 Å². The van der Waals surface area contributed by atoms with Gasteiger partial charge in [-0.1, -0.05) is 0 Å². The molecule has 0 amide bonds. The molecule has 20 heavy (non-hydrogen) atoms. The first kappa shape index (κ1) is 13.0. The van der Waals surface area contributed by atoms with Gasteiger partial charge in [-0.15, -0.1) is 5.10 Å². The molecule has 5 nitrogen and oxygen atoms in total. The Hall–Kier alpha value is -2.01. The van der Waals surface area contributed by atoms with Crippen LogP contribution in [0.25, 0.3) is 0 Å². The summed E-state index contributed by atoms with van der Waals surface area (Å²) in [6.07, 6.45) is 7.78. The van der Waals surface area contributed by atoms with Crippen molar-refractivity contribution in [1.82, 2.24) is 20.5 Å². The SMILES string of the molecule is c1cnnc(N2CCC[C@H](NCc3ccncc3)C2)c1. The third-order valence-electron chi connectivity index (χ3n) is 3.65. The average Bonchev–Trinajstić information content (AvgIpc) is 2.55. The Balaban J connectivity index is 1.56. The zero-order valence-electron chi connectivity index (χ0n) is 11.4. The summed E-state index contributed by atoms with van der Waals surface area (Å²) in [5.41, 5.74) is 1.27. The maximum atomic E-state index is 4.20. The first-order valence-electron chi connectivity index (χ1n) is 7.07. The monoisotopic (exact) mass is 269 g/mol. The van der Waals surface area contributed by atoms with Gasteiger partial charge in [0.25, 0.3) is 0 Å². The number of rotatable bonds is 4. The molecule has 0 spiro atoms. The molecule has 1 saturated heterocycles. The van der Waals surface area contributed by atoms with Crippen LogP contribution in [0.4, 0.5) is 5.82 Å². The van der Waals surface area contributed by atoms with Gasteiger partial charge in [-0.05, 0) is 42.7 Å². The fraction of sp³-hybridized carbons (Fsp3) is 0.400. The highest BCUT2D eigenvalue weighted by atomic mass is 15.3. The summed E-state index contributed by atoms with van der Waals surface area (Å²) in [6.45, 7) is 2.94. The third-order valence-corrected chi connectivity index (χ3v) is 3.65. The van der Waals surface area contributed by atoms with Crippen LogP contribution in [0, 0.1) is 0 Å². The van der Waals surface area contributed by atoms with E-state index in [0.29, 0.717) is 6.04 Å². The zero-order valence-corrected chi connectivity index (χ0v) is 11.4. The van der Waals surface area contributed by atoms with Crippen LogP contribution in [-0.4, -0.2) is 34.3 Å². The molecule has 2 aromatic heterocycles. The summed E-state index contributed by atoms with van der Waals surface area (Å²) < 4.78 is 0. The average molecular weight is 269 g/mol. The summed E-state index contributed by atoms with van der Waals surface area (Å²) in [6, 6.07) is 8.57. The van der Waals surface area contributed by atoms with Gasteiger partial charge in [-0.3, -0.25) is 4.98 Å². The third kappa shape index (κ3) is 3.30. The lowest BCUT2D eigenvalue weighted by atomic mass is 10.1. The summed E-state index contributed by atoms with van der Waals surface area (Å²) in [5, 5.41) is 11.8. The molecule has 1 fully saturated rings. The van der Waals surface area contributed by atoms with Crippen LogP contribution < -0.4 is 10.2 Å². The van der Waals surface area contributed by atoms with Crippen LogP contribution >= 0.6 is 0 Å². The van der Waals surface area contributed by atoms with E-state index >= 15 is 0 Å². The molecule has 0 bridgehead atoms. The van der Waals surface area contributed by atoms with Gasteiger partial charge in [0.15, 0.2) is 5.82 Å². The number of nitrogens with zero attached hydrogens (tertiary/aromatic N) is 4. The summed E-state index contributed by atoms with van der Waals surface area (Å²) in [4.78, 5) is 6.35. The minimum absolute atomic E-state index is 0.499. The standard InChI is InChI=1S/C15H19N5/c1-4-15(19-18-7-1)20-10-2-3-14(12-20)17-11-13-5-8-16-9-6-13/h1,4-9,14,17H,2-3,10-12H2/t14-/m0/s1. The zero-order chi connectivity index (χ0) is 13.6. The van der Waals surface area contributed by atoms with E-state index in [-0.39, 0.29) is 0 Å². The van der Waals surface area contributed by atoms with Crippen molar-refractivity contribution in [2.75, 3.05) is 18.0 Å². The van der Waals surface area contributed by atoms with E-state index in [4.69, 9.17) is 0 Å². The van der Waals surface area contributed by atoms with Crippen LogP contribution in [0.3, 0.4) is 0 Å². The first-order valence-corrected chi connectivity index (χ1v) is 7.07. The van der Waals surface area contributed by atoms with Crippen LogP contribution in [0.5, 0.6) is 0 Å². The number of hydrogen-bond donors (Lipinski definition) is 1. The Morgan fingerprint density at radius 2 is 2.10 bits per heavy atom. The molecule has 0 saturated carbocycles. The van der Waals surface area contributed by atoms with Crippen molar-refractivity contribution < 1.29 is 0 Å². The number of nitrogens with one attached hydrogen (secondary N) is 1. The van der Waals surface area contributed by atoms with Crippen LogP contribution in [0.15, 0.2) is 42.9 Å². The molecule has 0 unspecified atom stereocenters. The molecule has 0 radical (unpaired) electrons. The van der Waals surface area contributed by atoms with Gasteiger partial charge in [0, 0.05) is 44.3 Å². The quantitative estimate of drug-likeness (QED) is 0.914. The van der Waals surface area contributed by atoms with E-state index in [1.165, 1.54) is 18.4 Å². The minimum atomic E-state index is 0.499. The van der Waals surface area contributed by atoms with Crippen molar-refractivity contribution in [3.63, 3.8) is 0 Å². The molecule has 3 rings (SSSR count). The second-order valence-electron chi connectivity index (χ2n) is 5.10. The number of hydrogen-bond acceptors (Lipinski definition) is 5. The Labute approximate surface area is 119 Å². The molecule has 1 aliphatic rings. The van der Waals surface area contributed by atoms with E-state index in [2.05, 4.69) is 37.5 Å². The Morgan fingerprint density at radius 3 is 2.90 bits per heavy atom. The van der Waals surface area contributed by atoms with Crippen molar-refractivity contribution >= 4 is 5.82 Å². The lowest BCUT2D eigenvalue weighted by Crippen LogP contribution is -2.45. The predicted molar refractivity (Wildman–Crippen MR) is 78.3 cm³/mol. The number of pyridine rings is 1. The van der Waals surface area contributed by atoms with Gasteiger partial charge < -0.3 is 10.2 Å². The molecular formula is C15H19N5. The normalized spacial score (nSPS) is 19.0. The Kier molecular flexibility index (Phi) is 4.18. The fourth-order valence-electron chi connectivity index (χ4n) is 2.58. The maximum Gasteiger partial charge on any atom is 0.151 e. The number of aromatic nitrogens is 3. The predicted octanol–water partition coefficient (Wildman–Crippen LogP) is 1.63. The molecule has 1 aliphatic heterocycles. The van der Waals surface area contributed by atoms with Gasteiger partial charge in [0.2, 0.25) is 0 Å². The second kappa shape index (κ2) is 6.43. The fourth-order valence-corrected chi connectivity index (χ4v) is 2.58. The summed E-state index contributed by atoms with van der Waals surface area (Å²) in [7, 11) is 0. The topological polar surface area (TPSA) is 53.9 Å². The van der Waals surface area contributed by atoms with E-state index in [9.17, 15) is 0 Å². The van der Waals surface area contributed by atoms with Crippen molar-refractivity contribution in [1.29, 1.82) is 0 Å². The van der Waals surface area contributed by atoms with Crippen molar-refractivity contribution in [2.24, 2.45) is 0 Å². The van der Waals surface area contributed by atoms with Crippen molar-refractivity contribution in [3.8, 4) is 0 Å². The second-order valence-corrected chi connectivity index (χ2v) is 5.10. The smallest absolute Gasteiger partial charge is 0.151 e. The first-order chi connectivity index (χ1) is 9.92. The van der Waals surface area contributed by atoms with Gasteiger partial charge in [0.05, 0.1) is 0 Å². The Morgan fingerprint density at radius 1 is 1.20 bits per heavy atom. The minimum Gasteiger partial charge on any atom is -0.354 e. The molecule has 5 heteroatoms. The summed E-state index contributed by atoms with van der Waals surface area (Å²) >= 11 is 0. The highest BCUT2D eigenvalue weighted by Crippen LogP contribution is 2.16. The van der Waals surface area contributed by atoms with Gasteiger partial charge in [-0.25, -0.2) is 0 Å². The lowest BCUT2D eigenvalue weighted by Gasteiger charge is -2.33. The van der Waals surface area contributed by atoms with Crippen molar-refractivity contribution in [2.45, 2.75) is 25.4 Å². The Bertz CT molecular complexity index is 516. The molecule has 3 heterocycles. The molecule has 0 aliphatic carbocycles. The number of piperidine rings is 1. The molecule has 1 N–H and O–H groups in total. The highest BCUT2D eigenvalue weighted by molar-refractivity contribution is 5.37. The highest BCUT2D eigenvalue weighted by Gasteiger charge is 2.20. The maximum absolute atomic E-state index is 4.20. The molecule has 0 aromatic carbocycles. The van der Waals surface area contributed by atoms with E-state index in [1.807, 2.05) is 24.5 Å². The molecule has 104 valence electrons. The largest absolute Gasteiger partial charge is 0.354 e.